The van der Waals surface area contributed by atoms with Gasteiger partial charge in [-0.2, -0.15) is 4.99 Å². The van der Waals surface area contributed by atoms with Crippen molar-refractivity contribution in [3.8, 4) is 11.5 Å². The summed E-state index contributed by atoms with van der Waals surface area (Å²) in [7, 11) is 4.24. The minimum absolute atomic E-state index is 0.238. The standard InChI is InChI=1S/C11H11NO4S/c1-14-9-4-7(11(13)16-3)8(12-6-17)5-10(9)15-2/h4-5H,1-3H3. The fourth-order valence-electron chi connectivity index (χ4n) is 1.28. The Kier molecular flexibility index (Phi) is 4.63. The number of hydrogen-bond donors (Lipinski definition) is 0. The van der Waals surface area contributed by atoms with Gasteiger partial charge in [0.15, 0.2) is 11.5 Å². The van der Waals surface area contributed by atoms with Gasteiger partial charge in [-0.1, -0.05) is 0 Å². The fraction of sp³-hybridized carbons (Fsp3) is 0.273. The Morgan fingerprint density at radius 3 is 2.29 bits per heavy atom. The summed E-state index contributed by atoms with van der Waals surface area (Å²) in [5, 5.41) is 2.20. The predicted molar refractivity (Wildman–Crippen MR) is 65.6 cm³/mol. The zero-order valence-corrected chi connectivity index (χ0v) is 10.5. The molecule has 17 heavy (non-hydrogen) atoms. The van der Waals surface area contributed by atoms with E-state index in [0.717, 1.165) is 0 Å². The summed E-state index contributed by atoms with van der Waals surface area (Å²) in [5.41, 5.74) is 0.562. The van der Waals surface area contributed by atoms with E-state index in [-0.39, 0.29) is 5.56 Å². The minimum Gasteiger partial charge on any atom is -0.493 e. The lowest BCUT2D eigenvalue weighted by Crippen LogP contribution is -2.03. The molecule has 1 aromatic rings. The smallest absolute Gasteiger partial charge is 0.340 e. The SMILES string of the molecule is COC(=O)c1cc(OC)c(OC)cc1N=C=S. The van der Waals surface area contributed by atoms with Crippen LogP contribution in [0.25, 0.3) is 0 Å². The van der Waals surface area contributed by atoms with Crippen molar-refractivity contribution in [3.05, 3.63) is 17.7 Å². The highest BCUT2D eigenvalue weighted by Gasteiger charge is 2.16. The predicted octanol–water partition coefficient (Wildman–Crippen LogP) is 2.22. The van der Waals surface area contributed by atoms with Crippen molar-refractivity contribution >= 4 is 29.0 Å². The molecule has 0 aliphatic heterocycles. The van der Waals surface area contributed by atoms with E-state index in [1.807, 2.05) is 0 Å². The largest absolute Gasteiger partial charge is 0.493 e. The Balaban J connectivity index is 3.44. The summed E-state index contributed by atoms with van der Waals surface area (Å²) in [4.78, 5) is 15.3. The summed E-state index contributed by atoms with van der Waals surface area (Å²) in [6, 6.07) is 3.01. The topological polar surface area (TPSA) is 57.1 Å². The van der Waals surface area contributed by atoms with Gasteiger partial charge in [-0.3, -0.25) is 0 Å². The average Bonchev–Trinajstić information content (AvgIpc) is 2.37. The number of hydrogen-bond acceptors (Lipinski definition) is 6. The van der Waals surface area contributed by atoms with Gasteiger partial charge in [0.1, 0.15) is 0 Å². The van der Waals surface area contributed by atoms with Crippen LogP contribution in [0.1, 0.15) is 10.4 Å². The molecule has 0 saturated carbocycles. The summed E-state index contributed by atoms with van der Waals surface area (Å²) in [5.74, 6) is 0.329. The van der Waals surface area contributed by atoms with Crippen LogP contribution in [0.15, 0.2) is 17.1 Å². The second-order valence-electron chi connectivity index (χ2n) is 2.92. The maximum absolute atomic E-state index is 11.5. The third kappa shape index (κ3) is 2.81. The number of aliphatic imine (C=N–C) groups is 1. The number of nitrogens with zero attached hydrogens (tertiary/aromatic N) is 1. The summed E-state index contributed by atoms with van der Waals surface area (Å²) in [6.45, 7) is 0. The lowest BCUT2D eigenvalue weighted by Gasteiger charge is -2.10. The molecule has 90 valence electrons. The Morgan fingerprint density at radius 1 is 1.24 bits per heavy atom. The van der Waals surface area contributed by atoms with Crippen molar-refractivity contribution < 1.29 is 19.0 Å². The molecule has 0 bridgehead atoms. The van der Waals surface area contributed by atoms with Gasteiger partial charge < -0.3 is 14.2 Å². The molecule has 0 amide bonds. The van der Waals surface area contributed by atoms with Gasteiger partial charge >= 0.3 is 5.97 Å². The molecule has 0 spiro atoms. The quantitative estimate of drug-likeness (QED) is 0.468. The van der Waals surface area contributed by atoms with Gasteiger partial charge in [-0.05, 0) is 12.2 Å². The number of benzene rings is 1. The average molecular weight is 253 g/mol. The molecular formula is C11H11NO4S. The van der Waals surface area contributed by atoms with Gasteiger partial charge in [-0.25, -0.2) is 4.79 Å². The summed E-state index contributed by atoms with van der Waals surface area (Å²) >= 11 is 4.52. The molecule has 0 aliphatic carbocycles. The first-order valence-corrected chi connectivity index (χ1v) is 5.01. The molecule has 0 saturated heterocycles. The van der Waals surface area contributed by atoms with Gasteiger partial charge in [-0.15, -0.1) is 0 Å². The highest BCUT2D eigenvalue weighted by Crippen LogP contribution is 2.34. The summed E-state index contributed by atoms with van der Waals surface area (Å²) in [6.07, 6.45) is 0. The van der Waals surface area contributed by atoms with E-state index in [4.69, 9.17) is 9.47 Å². The van der Waals surface area contributed by atoms with Crippen LogP contribution in [0.5, 0.6) is 11.5 Å². The fourth-order valence-corrected chi connectivity index (χ4v) is 1.38. The monoisotopic (exact) mass is 253 g/mol. The van der Waals surface area contributed by atoms with Crippen LogP contribution >= 0.6 is 12.2 Å². The number of isothiocyanates is 1. The number of carbonyl (C=O) groups excluding carboxylic acids is 1. The van der Waals surface area contributed by atoms with E-state index < -0.39 is 5.97 Å². The van der Waals surface area contributed by atoms with Gasteiger partial charge in [0.2, 0.25) is 0 Å². The molecule has 6 heteroatoms. The number of rotatable bonds is 4. The first kappa shape index (κ1) is 13.2. The Labute approximate surface area is 104 Å². The van der Waals surface area contributed by atoms with E-state index in [9.17, 15) is 4.79 Å². The van der Waals surface area contributed by atoms with Gasteiger partial charge in [0.25, 0.3) is 0 Å². The van der Waals surface area contributed by atoms with Crippen LogP contribution in [-0.4, -0.2) is 32.5 Å². The summed E-state index contributed by atoms with van der Waals surface area (Å²) < 4.78 is 14.8. The molecule has 1 rings (SSSR count). The third-order valence-corrected chi connectivity index (χ3v) is 2.16. The molecule has 1 aromatic carbocycles. The molecule has 0 atom stereocenters. The number of esters is 1. The van der Waals surface area contributed by atoms with E-state index in [1.165, 1.54) is 33.5 Å². The molecule has 0 fully saturated rings. The maximum atomic E-state index is 11.5. The highest BCUT2D eigenvalue weighted by molar-refractivity contribution is 7.78. The first-order chi connectivity index (χ1) is 8.17. The normalized spacial score (nSPS) is 9.12. The van der Waals surface area contributed by atoms with Crippen molar-refractivity contribution in [2.75, 3.05) is 21.3 Å². The molecule has 0 unspecified atom stereocenters. The van der Waals surface area contributed by atoms with Crippen molar-refractivity contribution in [2.45, 2.75) is 0 Å². The maximum Gasteiger partial charge on any atom is 0.340 e. The number of ether oxygens (including phenoxy) is 3. The second-order valence-corrected chi connectivity index (χ2v) is 3.10. The number of carbonyl (C=O) groups is 1. The second kappa shape index (κ2) is 5.98. The van der Waals surface area contributed by atoms with Crippen LogP contribution < -0.4 is 9.47 Å². The van der Waals surface area contributed by atoms with Crippen molar-refractivity contribution in [1.29, 1.82) is 0 Å². The van der Waals surface area contributed by atoms with Crippen LogP contribution in [0.4, 0.5) is 5.69 Å². The lowest BCUT2D eigenvalue weighted by molar-refractivity contribution is 0.0601. The van der Waals surface area contributed by atoms with Gasteiger partial charge in [0, 0.05) is 12.1 Å². The molecule has 0 heterocycles. The van der Waals surface area contributed by atoms with Crippen LogP contribution in [0, 0.1) is 0 Å². The molecule has 0 aromatic heterocycles. The lowest BCUT2D eigenvalue weighted by atomic mass is 10.1. The van der Waals surface area contributed by atoms with Crippen LogP contribution in [-0.2, 0) is 4.74 Å². The van der Waals surface area contributed by atoms with E-state index in [0.29, 0.717) is 17.2 Å². The van der Waals surface area contributed by atoms with Crippen molar-refractivity contribution in [2.24, 2.45) is 4.99 Å². The van der Waals surface area contributed by atoms with E-state index in [2.05, 4.69) is 27.1 Å². The molecule has 0 N–H and O–H groups in total. The zero-order valence-electron chi connectivity index (χ0n) is 9.64. The van der Waals surface area contributed by atoms with E-state index >= 15 is 0 Å². The van der Waals surface area contributed by atoms with E-state index in [1.54, 1.807) is 0 Å². The third-order valence-electron chi connectivity index (χ3n) is 2.07. The first-order valence-electron chi connectivity index (χ1n) is 4.60. The van der Waals surface area contributed by atoms with Crippen LogP contribution in [0.3, 0.4) is 0 Å². The zero-order chi connectivity index (χ0) is 12.8. The Hall–Kier alpha value is -1.91. The molecule has 0 aliphatic rings. The number of thiocarbonyl (C=S) groups is 1. The minimum atomic E-state index is -0.532. The van der Waals surface area contributed by atoms with Gasteiger partial charge in [0.05, 0.1) is 37.7 Å². The molecular weight excluding hydrogens is 242 g/mol. The van der Waals surface area contributed by atoms with Crippen LogP contribution in [0.2, 0.25) is 0 Å². The Bertz CT molecular complexity index is 481. The Morgan fingerprint density at radius 2 is 1.82 bits per heavy atom. The molecule has 0 radical (unpaired) electrons. The molecule has 5 nitrogen and oxygen atoms in total. The number of methoxy groups -OCH3 is 3. The van der Waals surface area contributed by atoms with Crippen molar-refractivity contribution in [1.82, 2.24) is 0 Å². The van der Waals surface area contributed by atoms with Crippen molar-refractivity contribution in [3.63, 3.8) is 0 Å². The highest BCUT2D eigenvalue weighted by atomic mass is 32.1.